The molecule has 1 heterocycles. The van der Waals surface area contributed by atoms with Crippen LogP contribution < -0.4 is 5.32 Å². The lowest BCUT2D eigenvalue weighted by atomic mass is 9.81. The molecule has 6 heteroatoms. The Hall–Kier alpha value is -1.30. The van der Waals surface area contributed by atoms with E-state index >= 15 is 0 Å². The average Bonchev–Trinajstić information content (AvgIpc) is 2.85. The van der Waals surface area contributed by atoms with Crippen molar-refractivity contribution in [3.8, 4) is 0 Å². The van der Waals surface area contributed by atoms with Gasteiger partial charge in [-0.15, -0.1) is 0 Å². The molecule has 5 nitrogen and oxygen atoms in total. The van der Waals surface area contributed by atoms with Gasteiger partial charge in [0.05, 0.1) is 12.7 Å². The fraction of sp³-hybridized carbons (Fsp3) is 0.538. The van der Waals surface area contributed by atoms with Gasteiger partial charge in [-0.3, -0.25) is 4.79 Å². The van der Waals surface area contributed by atoms with Crippen LogP contribution in [-0.2, 0) is 9.53 Å². The van der Waals surface area contributed by atoms with Crippen molar-refractivity contribution in [3.05, 3.63) is 22.6 Å². The fourth-order valence-corrected chi connectivity index (χ4v) is 2.79. The molecule has 1 saturated carbocycles. The van der Waals surface area contributed by atoms with Crippen molar-refractivity contribution in [1.29, 1.82) is 0 Å². The van der Waals surface area contributed by atoms with Crippen LogP contribution >= 0.6 is 15.9 Å². The van der Waals surface area contributed by atoms with Gasteiger partial charge in [-0.05, 0) is 28.8 Å². The molecular formula is C13H16BrNO4. The summed E-state index contributed by atoms with van der Waals surface area (Å²) in [6.45, 7) is 0. The molecule has 0 aromatic carbocycles. The lowest BCUT2D eigenvalue weighted by Crippen LogP contribution is -2.56. The van der Waals surface area contributed by atoms with E-state index in [0.717, 1.165) is 19.3 Å². The molecule has 1 aliphatic carbocycles. The highest BCUT2D eigenvalue weighted by Crippen LogP contribution is 2.30. The van der Waals surface area contributed by atoms with Gasteiger partial charge in [-0.2, -0.15) is 0 Å². The highest BCUT2D eigenvalue weighted by molar-refractivity contribution is 9.10. The first-order valence-corrected chi connectivity index (χ1v) is 7.02. The van der Waals surface area contributed by atoms with E-state index in [9.17, 15) is 9.59 Å². The van der Waals surface area contributed by atoms with Crippen LogP contribution in [0.25, 0.3) is 0 Å². The summed E-state index contributed by atoms with van der Waals surface area (Å²) in [7, 11) is 1.35. The lowest BCUT2D eigenvalue weighted by Gasteiger charge is -2.35. The summed E-state index contributed by atoms with van der Waals surface area (Å²) < 4.78 is 10.4. The van der Waals surface area contributed by atoms with Crippen LogP contribution in [0.4, 0.5) is 0 Å². The molecule has 1 amide bonds. The van der Waals surface area contributed by atoms with Gasteiger partial charge in [0, 0.05) is 6.07 Å². The van der Waals surface area contributed by atoms with Gasteiger partial charge in [0.1, 0.15) is 11.8 Å². The zero-order chi connectivity index (χ0) is 13.9. The summed E-state index contributed by atoms with van der Waals surface area (Å²) in [5.74, 6) is -0.690. The van der Waals surface area contributed by atoms with E-state index in [1.807, 2.05) is 0 Å². The van der Waals surface area contributed by atoms with Crippen LogP contribution in [0.3, 0.4) is 0 Å². The molecule has 0 bridgehead atoms. The van der Waals surface area contributed by atoms with Crippen molar-refractivity contribution in [3.63, 3.8) is 0 Å². The number of carbonyl (C=O) groups is 2. The maximum atomic E-state index is 12.2. The number of rotatable bonds is 3. The summed E-state index contributed by atoms with van der Waals surface area (Å²) in [4.78, 5) is 24.1. The van der Waals surface area contributed by atoms with Crippen LogP contribution in [0, 0.1) is 0 Å². The molecule has 104 valence electrons. The zero-order valence-corrected chi connectivity index (χ0v) is 12.3. The molecule has 19 heavy (non-hydrogen) atoms. The molecule has 0 saturated heterocycles. The molecule has 1 aromatic rings. The van der Waals surface area contributed by atoms with Gasteiger partial charge in [0.15, 0.2) is 4.67 Å². The summed E-state index contributed by atoms with van der Waals surface area (Å²) in [6, 6.07) is 1.57. The van der Waals surface area contributed by atoms with E-state index in [1.165, 1.54) is 13.4 Å². The number of esters is 1. The van der Waals surface area contributed by atoms with E-state index < -0.39 is 5.54 Å². The Labute approximate surface area is 119 Å². The molecule has 0 spiro atoms. The first kappa shape index (κ1) is 14.1. The lowest BCUT2D eigenvalue weighted by molar-refractivity contribution is -0.149. The minimum atomic E-state index is -0.895. The molecule has 0 aliphatic heterocycles. The highest BCUT2D eigenvalue weighted by atomic mass is 79.9. The number of carbonyl (C=O) groups excluding carboxylic acids is 2. The molecule has 0 atom stereocenters. The van der Waals surface area contributed by atoms with Crippen molar-refractivity contribution < 1.29 is 18.7 Å². The Kier molecular flexibility index (Phi) is 4.29. The Morgan fingerprint density at radius 2 is 2.05 bits per heavy atom. The molecule has 0 radical (unpaired) electrons. The highest BCUT2D eigenvalue weighted by Gasteiger charge is 2.42. The van der Waals surface area contributed by atoms with Crippen LogP contribution in [0.1, 0.15) is 42.5 Å². The van der Waals surface area contributed by atoms with Crippen LogP contribution in [0.15, 0.2) is 21.4 Å². The molecule has 0 unspecified atom stereocenters. The third-order valence-corrected chi connectivity index (χ3v) is 3.88. The van der Waals surface area contributed by atoms with Crippen molar-refractivity contribution in [2.75, 3.05) is 7.11 Å². The first-order chi connectivity index (χ1) is 9.07. The third kappa shape index (κ3) is 3.00. The topological polar surface area (TPSA) is 68.5 Å². The molecule has 1 fully saturated rings. The number of nitrogens with one attached hydrogen (secondary N) is 1. The van der Waals surface area contributed by atoms with Gasteiger partial charge in [-0.1, -0.05) is 19.3 Å². The van der Waals surface area contributed by atoms with Gasteiger partial charge < -0.3 is 14.5 Å². The van der Waals surface area contributed by atoms with Crippen LogP contribution in [0.2, 0.25) is 0 Å². The summed E-state index contributed by atoms with van der Waals surface area (Å²) in [5.41, 5.74) is -0.505. The van der Waals surface area contributed by atoms with Crippen LogP contribution in [-0.4, -0.2) is 24.5 Å². The normalized spacial score (nSPS) is 17.8. The maximum Gasteiger partial charge on any atom is 0.331 e. The molecule has 1 N–H and O–H groups in total. The van der Waals surface area contributed by atoms with E-state index in [4.69, 9.17) is 9.15 Å². The summed E-state index contributed by atoms with van der Waals surface area (Å²) in [5, 5.41) is 2.82. The van der Waals surface area contributed by atoms with E-state index in [2.05, 4.69) is 21.2 Å². The summed E-state index contributed by atoms with van der Waals surface area (Å²) >= 11 is 3.14. The second kappa shape index (κ2) is 5.77. The van der Waals surface area contributed by atoms with Gasteiger partial charge >= 0.3 is 5.97 Å². The quantitative estimate of drug-likeness (QED) is 0.865. The number of furan rings is 1. The Morgan fingerprint density at radius 1 is 1.37 bits per heavy atom. The van der Waals surface area contributed by atoms with Crippen molar-refractivity contribution in [2.24, 2.45) is 0 Å². The maximum absolute atomic E-state index is 12.2. The second-order valence-electron chi connectivity index (χ2n) is 4.73. The van der Waals surface area contributed by atoms with E-state index in [1.54, 1.807) is 6.07 Å². The Bertz CT molecular complexity index is 477. The standard InChI is InChI=1S/C13H16BrNO4/c1-18-12(17)13(5-3-2-4-6-13)15-11(16)9-7-10(14)19-8-9/h7-8H,2-6H2,1H3,(H,15,16). The number of ether oxygens (including phenoxy) is 1. The number of hydrogen-bond acceptors (Lipinski definition) is 4. The van der Waals surface area contributed by atoms with Crippen LogP contribution in [0.5, 0.6) is 0 Å². The van der Waals surface area contributed by atoms with Crippen molar-refractivity contribution in [1.82, 2.24) is 5.32 Å². The third-order valence-electron chi connectivity index (χ3n) is 3.47. The predicted octanol–water partition coefficient (Wildman–Crippen LogP) is 2.65. The number of hydrogen-bond donors (Lipinski definition) is 1. The SMILES string of the molecule is COC(=O)C1(NC(=O)c2coc(Br)c2)CCCCC1. The number of amides is 1. The monoisotopic (exact) mass is 329 g/mol. The van der Waals surface area contributed by atoms with E-state index in [-0.39, 0.29) is 11.9 Å². The fourth-order valence-electron chi connectivity index (χ4n) is 2.45. The number of halogens is 1. The second-order valence-corrected chi connectivity index (χ2v) is 5.51. The zero-order valence-electron chi connectivity index (χ0n) is 10.7. The molecular weight excluding hydrogens is 314 g/mol. The predicted molar refractivity (Wildman–Crippen MR) is 71.7 cm³/mol. The van der Waals surface area contributed by atoms with Crippen molar-refractivity contribution >= 4 is 27.8 Å². The molecule has 1 aromatic heterocycles. The minimum Gasteiger partial charge on any atom is -0.467 e. The molecule has 1 aliphatic rings. The van der Waals surface area contributed by atoms with Gasteiger partial charge in [0.25, 0.3) is 5.91 Å². The average molecular weight is 330 g/mol. The first-order valence-electron chi connectivity index (χ1n) is 6.22. The smallest absolute Gasteiger partial charge is 0.331 e. The van der Waals surface area contributed by atoms with Gasteiger partial charge in [-0.25, -0.2) is 4.79 Å². The largest absolute Gasteiger partial charge is 0.467 e. The van der Waals surface area contributed by atoms with Crippen molar-refractivity contribution in [2.45, 2.75) is 37.6 Å². The summed E-state index contributed by atoms with van der Waals surface area (Å²) in [6.07, 6.45) is 5.48. The van der Waals surface area contributed by atoms with Gasteiger partial charge in [0.2, 0.25) is 0 Å². The minimum absolute atomic E-state index is 0.318. The number of methoxy groups -OCH3 is 1. The van der Waals surface area contributed by atoms with E-state index in [0.29, 0.717) is 23.1 Å². The Balaban J connectivity index is 2.16. The Morgan fingerprint density at radius 3 is 2.58 bits per heavy atom. The molecule has 2 rings (SSSR count).